The van der Waals surface area contributed by atoms with Crippen molar-refractivity contribution in [3.8, 4) is 0 Å². The Balaban J connectivity index is 1.49. The number of aryl methyl sites for hydroxylation is 1. The van der Waals surface area contributed by atoms with Gasteiger partial charge in [0.1, 0.15) is 17.5 Å². The molecule has 1 aromatic carbocycles. The van der Waals surface area contributed by atoms with Gasteiger partial charge in [-0.25, -0.2) is 18.7 Å². The topological polar surface area (TPSA) is 78.5 Å². The van der Waals surface area contributed by atoms with Gasteiger partial charge in [0.25, 0.3) is 0 Å². The molecule has 1 atom stereocenters. The summed E-state index contributed by atoms with van der Waals surface area (Å²) in [7, 11) is 0. The lowest BCUT2D eigenvalue weighted by Gasteiger charge is -2.16. The van der Waals surface area contributed by atoms with Crippen molar-refractivity contribution in [2.45, 2.75) is 38.6 Å². The zero-order valence-electron chi connectivity index (χ0n) is 15.1. The number of rotatable bonds is 6. The van der Waals surface area contributed by atoms with E-state index >= 15 is 0 Å². The third kappa shape index (κ3) is 4.05. The number of aromatic amines is 1. The monoisotopic (exact) mass is 370 g/mol. The molecule has 27 heavy (non-hydrogen) atoms. The molecule has 0 radical (unpaired) electrons. The zero-order chi connectivity index (χ0) is 19.0. The van der Waals surface area contributed by atoms with E-state index in [4.69, 9.17) is 0 Å². The van der Waals surface area contributed by atoms with Gasteiger partial charge in [-0.1, -0.05) is 6.07 Å². The Hall–Kier alpha value is -3.03. The van der Waals surface area contributed by atoms with Crippen LogP contribution in [0.25, 0.3) is 0 Å². The molecule has 3 N–H and O–H groups in total. The maximum Gasteiger partial charge on any atom is 0.159 e. The van der Waals surface area contributed by atoms with Crippen LogP contribution >= 0.6 is 0 Å². The molecule has 140 valence electrons. The first-order valence-electron chi connectivity index (χ1n) is 8.87. The highest BCUT2D eigenvalue weighted by molar-refractivity contribution is 5.57. The van der Waals surface area contributed by atoms with Crippen molar-refractivity contribution in [3.05, 3.63) is 59.0 Å². The first-order valence-corrected chi connectivity index (χ1v) is 8.87. The largest absolute Gasteiger partial charge is 0.363 e. The Kier molecular flexibility index (Phi) is 4.47. The van der Waals surface area contributed by atoms with Gasteiger partial charge >= 0.3 is 0 Å². The van der Waals surface area contributed by atoms with E-state index in [-0.39, 0.29) is 6.04 Å². The van der Waals surface area contributed by atoms with E-state index in [1.54, 1.807) is 19.1 Å². The average Bonchev–Trinajstić information content (AvgIpc) is 3.36. The van der Waals surface area contributed by atoms with Gasteiger partial charge in [-0.2, -0.15) is 5.10 Å². The second-order valence-electron chi connectivity index (χ2n) is 6.83. The highest BCUT2D eigenvalue weighted by Crippen LogP contribution is 2.39. The van der Waals surface area contributed by atoms with Crippen LogP contribution in [0, 0.1) is 18.6 Å². The summed E-state index contributed by atoms with van der Waals surface area (Å²) in [6.45, 7) is 3.64. The highest BCUT2D eigenvalue weighted by Gasteiger charge is 2.25. The second kappa shape index (κ2) is 6.94. The fourth-order valence-electron chi connectivity index (χ4n) is 2.93. The van der Waals surface area contributed by atoms with Crippen LogP contribution in [0.15, 0.2) is 30.3 Å². The van der Waals surface area contributed by atoms with E-state index in [1.807, 2.05) is 13.0 Å². The fraction of sp³-hybridized carbons (Fsp3) is 0.316. The molecule has 1 unspecified atom stereocenters. The lowest BCUT2D eigenvalue weighted by atomic mass is 10.1. The number of anilines is 3. The summed E-state index contributed by atoms with van der Waals surface area (Å²) in [4.78, 5) is 8.75. The molecule has 4 rings (SSSR count). The SMILES string of the molecule is Cc1nc(Nc2cc(C3CC3)[nH]n2)cc(NC(C)c2ccc(F)c(F)c2)n1. The molecule has 1 aliphatic rings. The van der Waals surface area contributed by atoms with Crippen molar-refractivity contribution in [1.82, 2.24) is 20.2 Å². The summed E-state index contributed by atoms with van der Waals surface area (Å²) in [5.41, 5.74) is 1.76. The summed E-state index contributed by atoms with van der Waals surface area (Å²) in [6.07, 6.45) is 2.40. The normalized spacial score (nSPS) is 14.8. The molecule has 3 aromatic rings. The van der Waals surface area contributed by atoms with Crippen LogP contribution in [0.3, 0.4) is 0 Å². The molecule has 0 aliphatic heterocycles. The first kappa shape index (κ1) is 17.4. The van der Waals surface area contributed by atoms with Gasteiger partial charge in [0.05, 0.1) is 6.04 Å². The number of nitrogens with zero attached hydrogens (tertiary/aromatic N) is 3. The number of hydrogen-bond donors (Lipinski definition) is 3. The third-order valence-corrected chi connectivity index (χ3v) is 4.52. The molecule has 2 heterocycles. The molecule has 6 nitrogen and oxygen atoms in total. The Morgan fingerprint density at radius 3 is 2.56 bits per heavy atom. The maximum absolute atomic E-state index is 13.5. The van der Waals surface area contributed by atoms with Crippen molar-refractivity contribution >= 4 is 17.5 Å². The highest BCUT2D eigenvalue weighted by atomic mass is 19.2. The molecule has 8 heteroatoms. The average molecular weight is 370 g/mol. The smallest absolute Gasteiger partial charge is 0.159 e. The first-order chi connectivity index (χ1) is 13.0. The van der Waals surface area contributed by atoms with Crippen LogP contribution in [0.4, 0.5) is 26.2 Å². The van der Waals surface area contributed by atoms with Gasteiger partial charge in [-0.05, 0) is 44.4 Å². The van der Waals surface area contributed by atoms with Gasteiger partial charge in [0.2, 0.25) is 0 Å². The number of benzene rings is 1. The van der Waals surface area contributed by atoms with Gasteiger partial charge in [0, 0.05) is 23.7 Å². The molecule has 1 aliphatic carbocycles. The number of H-pyrrole nitrogens is 1. The fourth-order valence-corrected chi connectivity index (χ4v) is 2.93. The molecule has 0 amide bonds. The van der Waals surface area contributed by atoms with Crippen LogP contribution in [-0.2, 0) is 0 Å². The van der Waals surface area contributed by atoms with Crippen molar-refractivity contribution in [2.75, 3.05) is 10.6 Å². The summed E-state index contributed by atoms with van der Waals surface area (Å²) in [5.74, 6) is 1.34. The van der Waals surface area contributed by atoms with E-state index in [2.05, 4.69) is 30.8 Å². The molecule has 1 fully saturated rings. The van der Waals surface area contributed by atoms with Gasteiger partial charge < -0.3 is 10.6 Å². The molecule has 1 saturated carbocycles. The predicted molar refractivity (Wildman–Crippen MR) is 99.0 cm³/mol. The lowest BCUT2D eigenvalue weighted by Crippen LogP contribution is -2.10. The quantitative estimate of drug-likeness (QED) is 0.592. The number of hydrogen-bond acceptors (Lipinski definition) is 5. The van der Waals surface area contributed by atoms with Crippen molar-refractivity contribution in [2.24, 2.45) is 0 Å². The van der Waals surface area contributed by atoms with E-state index < -0.39 is 11.6 Å². The Labute approximate surface area is 155 Å². The molecule has 0 spiro atoms. The Morgan fingerprint density at radius 2 is 1.81 bits per heavy atom. The van der Waals surface area contributed by atoms with Crippen LogP contribution in [0.5, 0.6) is 0 Å². The summed E-state index contributed by atoms with van der Waals surface area (Å²) in [6, 6.07) is 7.35. The summed E-state index contributed by atoms with van der Waals surface area (Å²) in [5, 5.41) is 13.7. The van der Waals surface area contributed by atoms with E-state index in [0.717, 1.165) is 11.8 Å². The maximum atomic E-state index is 13.5. The molecule has 2 aromatic heterocycles. The van der Waals surface area contributed by atoms with E-state index in [9.17, 15) is 8.78 Å². The van der Waals surface area contributed by atoms with Crippen LogP contribution < -0.4 is 10.6 Å². The zero-order valence-corrected chi connectivity index (χ0v) is 15.1. The molecular formula is C19H20F2N6. The lowest BCUT2D eigenvalue weighted by molar-refractivity contribution is 0.506. The van der Waals surface area contributed by atoms with E-state index in [0.29, 0.717) is 34.8 Å². The molecular weight excluding hydrogens is 350 g/mol. The number of aromatic nitrogens is 4. The van der Waals surface area contributed by atoms with Crippen LogP contribution in [-0.4, -0.2) is 20.2 Å². The number of halogens is 2. The van der Waals surface area contributed by atoms with Gasteiger partial charge in [-0.15, -0.1) is 0 Å². The summed E-state index contributed by atoms with van der Waals surface area (Å²) < 4.78 is 26.6. The molecule has 0 bridgehead atoms. The molecule has 0 saturated heterocycles. The van der Waals surface area contributed by atoms with Gasteiger partial charge in [-0.3, -0.25) is 5.10 Å². The van der Waals surface area contributed by atoms with Gasteiger partial charge in [0.15, 0.2) is 17.5 Å². The minimum absolute atomic E-state index is 0.255. The van der Waals surface area contributed by atoms with Crippen molar-refractivity contribution < 1.29 is 8.78 Å². The van der Waals surface area contributed by atoms with Crippen molar-refractivity contribution in [3.63, 3.8) is 0 Å². The second-order valence-corrected chi connectivity index (χ2v) is 6.83. The standard InChI is InChI=1S/C19H20F2N6/c1-10(13-5-6-14(20)15(21)7-13)22-17-9-18(24-11(2)23-17)25-19-8-16(26-27-19)12-3-4-12/h5-10,12H,3-4H2,1-2H3,(H3,22,23,24,25,26,27). The number of nitrogens with one attached hydrogen (secondary N) is 3. The summed E-state index contributed by atoms with van der Waals surface area (Å²) >= 11 is 0. The minimum Gasteiger partial charge on any atom is -0.363 e. The van der Waals surface area contributed by atoms with Crippen LogP contribution in [0.1, 0.15) is 48.8 Å². The van der Waals surface area contributed by atoms with E-state index in [1.165, 1.54) is 18.9 Å². The third-order valence-electron chi connectivity index (χ3n) is 4.52. The minimum atomic E-state index is -0.868. The van der Waals surface area contributed by atoms with Crippen LogP contribution in [0.2, 0.25) is 0 Å². The Morgan fingerprint density at radius 1 is 1.04 bits per heavy atom. The van der Waals surface area contributed by atoms with Crippen molar-refractivity contribution in [1.29, 1.82) is 0 Å². The predicted octanol–water partition coefficient (Wildman–Crippen LogP) is 4.58. The Bertz CT molecular complexity index is 967.